The highest BCUT2D eigenvalue weighted by Gasteiger charge is 2.22. The topological polar surface area (TPSA) is 98.9 Å². The number of nitro benzene ring substituents is 1. The lowest BCUT2D eigenvalue weighted by Gasteiger charge is -2.14. The van der Waals surface area contributed by atoms with E-state index >= 15 is 0 Å². The highest BCUT2D eigenvalue weighted by molar-refractivity contribution is 5.99. The van der Waals surface area contributed by atoms with Crippen molar-refractivity contribution in [3.8, 4) is 22.6 Å². The summed E-state index contributed by atoms with van der Waals surface area (Å²) in [6, 6.07) is 8.65. The van der Waals surface area contributed by atoms with Crippen molar-refractivity contribution in [3.63, 3.8) is 0 Å². The van der Waals surface area contributed by atoms with Crippen LogP contribution in [0, 0.1) is 10.1 Å². The molecule has 0 bridgehead atoms. The molecule has 0 amide bonds. The second-order valence-electron chi connectivity index (χ2n) is 4.33. The van der Waals surface area contributed by atoms with E-state index in [4.69, 9.17) is 9.47 Å². The Labute approximate surface area is 125 Å². The molecule has 7 nitrogen and oxygen atoms in total. The van der Waals surface area contributed by atoms with Crippen LogP contribution in [0.15, 0.2) is 36.4 Å². The Morgan fingerprint density at radius 1 is 1.14 bits per heavy atom. The van der Waals surface area contributed by atoms with Gasteiger partial charge in [-0.15, -0.1) is 0 Å². The standard InChI is InChI=1S/C15H13NO6/c1-21-12-4-3-5-13(22-2)14(12)10-7-6-9(16(19)20)8-11(10)15(17)18/h3-8H,1-2H3,(H,17,18). The van der Waals surface area contributed by atoms with Crippen molar-refractivity contribution in [2.75, 3.05) is 14.2 Å². The fourth-order valence-electron chi connectivity index (χ4n) is 2.16. The number of rotatable bonds is 5. The quantitative estimate of drug-likeness (QED) is 0.673. The van der Waals surface area contributed by atoms with Crippen LogP contribution in [0.5, 0.6) is 11.5 Å². The molecule has 0 unspecified atom stereocenters. The maximum Gasteiger partial charge on any atom is 0.336 e. The molecule has 0 aliphatic heterocycles. The molecule has 7 heteroatoms. The number of benzene rings is 2. The van der Waals surface area contributed by atoms with Crippen LogP contribution >= 0.6 is 0 Å². The van der Waals surface area contributed by atoms with Gasteiger partial charge in [0.1, 0.15) is 11.5 Å². The molecule has 0 spiro atoms. The van der Waals surface area contributed by atoms with Crippen LogP contribution in [0.25, 0.3) is 11.1 Å². The molecule has 22 heavy (non-hydrogen) atoms. The molecule has 2 aromatic rings. The summed E-state index contributed by atoms with van der Waals surface area (Å²) >= 11 is 0. The Bertz CT molecular complexity index is 719. The van der Waals surface area contributed by atoms with Gasteiger partial charge in [-0.25, -0.2) is 4.79 Å². The molecule has 1 N–H and O–H groups in total. The number of hydrogen-bond acceptors (Lipinski definition) is 5. The zero-order chi connectivity index (χ0) is 16.3. The van der Waals surface area contributed by atoms with Gasteiger partial charge in [0.15, 0.2) is 0 Å². The van der Waals surface area contributed by atoms with Crippen molar-refractivity contribution in [2.45, 2.75) is 0 Å². The molecule has 0 atom stereocenters. The highest BCUT2D eigenvalue weighted by atomic mass is 16.6. The van der Waals surface area contributed by atoms with Crippen molar-refractivity contribution >= 4 is 11.7 Å². The number of carboxylic acid groups (broad SMARTS) is 1. The molecular weight excluding hydrogens is 290 g/mol. The largest absolute Gasteiger partial charge is 0.496 e. The summed E-state index contributed by atoms with van der Waals surface area (Å²) < 4.78 is 10.5. The third-order valence-corrected chi connectivity index (χ3v) is 3.14. The number of aromatic carboxylic acids is 1. The summed E-state index contributed by atoms with van der Waals surface area (Å²) in [7, 11) is 2.90. The van der Waals surface area contributed by atoms with Crippen LogP contribution in [-0.2, 0) is 0 Å². The molecule has 0 fully saturated rings. The van der Waals surface area contributed by atoms with E-state index in [1.807, 2.05) is 0 Å². The van der Waals surface area contributed by atoms with E-state index in [9.17, 15) is 20.0 Å². The van der Waals surface area contributed by atoms with Gasteiger partial charge in [-0.3, -0.25) is 10.1 Å². The lowest BCUT2D eigenvalue weighted by molar-refractivity contribution is -0.384. The zero-order valence-electron chi connectivity index (χ0n) is 11.9. The van der Waals surface area contributed by atoms with Gasteiger partial charge >= 0.3 is 5.97 Å². The fourth-order valence-corrected chi connectivity index (χ4v) is 2.16. The third-order valence-electron chi connectivity index (χ3n) is 3.14. The normalized spacial score (nSPS) is 10.1. The predicted molar refractivity (Wildman–Crippen MR) is 78.6 cm³/mol. The summed E-state index contributed by atoms with van der Waals surface area (Å²) in [6.45, 7) is 0. The van der Waals surface area contributed by atoms with Gasteiger partial charge in [-0.05, 0) is 18.2 Å². The molecule has 0 heterocycles. The van der Waals surface area contributed by atoms with Crippen LogP contribution in [0.2, 0.25) is 0 Å². The first-order valence-electron chi connectivity index (χ1n) is 6.22. The number of carboxylic acids is 1. The molecule has 2 rings (SSSR count). The first kappa shape index (κ1) is 15.3. The maximum absolute atomic E-state index is 11.5. The van der Waals surface area contributed by atoms with Gasteiger partial charge in [-0.2, -0.15) is 0 Å². The molecule has 0 aromatic heterocycles. The number of carbonyl (C=O) groups is 1. The summed E-state index contributed by atoms with van der Waals surface area (Å²) in [5.74, 6) is -0.446. The van der Waals surface area contributed by atoms with Crippen LogP contribution in [0.1, 0.15) is 10.4 Å². The van der Waals surface area contributed by atoms with Crippen LogP contribution < -0.4 is 9.47 Å². The van der Waals surface area contributed by atoms with E-state index in [0.717, 1.165) is 6.07 Å². The lowest BCUT2D eigenvalue weighted by atomic mass is 9.97. The molecule has 0 radical (unpaired) electrons. The molecule has 0 aliphatic carbocycles. The minimum absolute atomic E-state index is 0.197. The van der Waals surface area contributed by atoms with Gasteiger partial charge < -0.3 is 14.6 Å². The van der Waals surface area contributed by atoms with E-state index < -0.39 is 10.9 Å². The Hall–Kier alpha value is -3.09. The van der Waals surface area contributed by atoms with E-state index in [2.05, 4.69) is 0 Å². The van der Waals surface area contributed by atoms with Crippen LogP contribution in [0.3, 0.4) is 0 Å². The molecule has 2 aromatic carbocycles. The summed E-state index contributed by atoms with van der Waals surface area (Å²) in [6.07, 6.45) is 0. The average molecular weight is 303 g/mol. The Morgan fingerprint density at radius 3 is 2.18 bits per heavy atom. The monoisotopic (exact) mass is 303 g/mol. The number of methoxy groups -OCH3 is 2. The third kappa shape index (κ3) is 2.69. The van der Waals surface area contributed by atoms with Crippen LogP contribution in [0.4, 0.5) is 5.69 Å². The maximum atomic E-state index is 11.5. The fraction of sp³-hybridized carbons (Fsp3) is 0.133. The summed E-state index contributed by atoms with van der Waals surface area (Å²) in [5.41, 5.74) is 0.221. The van der Waals surface area contributed by atoms with E-state index in [-0.39, 0.29) is 16.8 Å². The van der Waals surface area contributed by atoms with Crippen molar-refractivity contribution < 1.29 is 24.3 Å². The molecule has 0 saturated carbocycles. The minimum Gasteiger partial charge on any atom is -0.496 e. The van der Waals surface area contributed by atoms with E-state index in [0.29, 0.717) is 17.1 Å². The Kier molecular flexibility index (Phi) is 4.26. The van der Waals surface area contributed by atoms with Gasteiger partial charge in [-0.1, -0.05) is 6.07 Å². The number of nitrogens with zero attached hydrogens (tertiary/aromatic N) is 1. The van der Waals surface area contributed by atoms with Gasteiger partial charge in [0, 0.05) is 17.7 Å². The van der Waals surface area contributed by atoms with Gasteiger partial charge in [0.05, 0.1) is 30.3 Å². The van der Waals surface area contributed by atoms with Crippen molar-refractivity contribution in [2.24, 2.45) is 0 Å². The molecule has 0 saturated heterocycles. The Balaban J connectivity index is 2.77. The van der Waals surface area contributed by atoms with Crippen molar-refractivity contribution in [1.29, 1.82) is 0 Å². The van der Waals surface area contributed by atoms with Gasteiger partial charge in [0.2, 0.25) is 0 Å². The molecule has 0 aliphatic rings. The summed E-state index contributed by atoms with van der Waals surface area (Å²) in [5, 5.41) is 20.2. The van der Waals surface area contributed by atoms with E-state index in [1.165, 1.54) is 26.4 Å². The SMILES string of the molecule is COc1cccc(OC)c1-c1ccc([N+](=O)[O-])cc1C(=O)O. The first-order chi connectivity index (χ1) is 10.5. The van der Waals surface area contributed by atoms with E-state index in [1.54, 1.807) is 18.2 Å². The molecular formula is C15H13NO6. The average Bonchev–Trinajstić information content (AvgIpc) is 2.53. The number of non-ortho nitro benzene ring substituents is 1. The van der Waals surface area contributed by atoms with Crippen molar-refractivity contribution in [1.82, 2.24) is 0 Å². The minimum atomic E-state index is -1.27. The number of nitro groups is 1. The second-order valence-corrected chi connectivity index (χ2v) is 4.33. The number of ether oxygens (including phenoxy) is 2. The second kappa shape index (κ2) is 6.13. The van der Waals surface area contributed by atoms with Crippen molar-refractivity contribution in [3.05, 3.63) is 52.1 Å². The van der Waals surface area contributed by atoms with Crippen LogP contribution in [-0.4, -0.2) is 30.2 Å². The molecule has 114 valence electrons. The smallest absolute Gasteiger partial charge is 0.336 e. The predicted octanol–water partition coefficient (Wildman–Crippen LogP) is 2.98. The van der Waals surface area contributed by atoms with Gasteiger partial charge in [0.25, 0.3) is 5.69 Å². The highest BCUT2D eigenvalue weighted by Crippen LogP contribution is 2.40. The lowest BCUT2D eigenvalue weighted by Crippen LogP contribution is -2.03. The zero-order valence-corrected chi connectivity index (χ0v) is 11.9. The first-order valence-corrected chi connectivity index (χ1v) is 6.22. The number of hydrogen-bond donors (Lipinski definition) is 1. The Morgan fingerprint density at radius 2 is 1.73 bits per heavy atom. The summed E-state index contributed by atoms with van der Waals surface area (Å²) in [4.78, 5) is 21.7.